The fraction of sp³-hybridized carbons (Fsp3) is 0.409. The number of nitrogens with zero attached hydrogens (tertiary/aromatic N) is 5. The first-order chi connectivity index (χ1) is 13.5. The van der Waals surface area contributed by atoms with Gasteiger partial charge in [-0.05, 0) is 18.4 Å². The molecule has 0 atom stereocenters. The summed E-state index contributed by atoms with van der Waals surface area (Å²) in [4.78, 5) is 15.1. The van der Waals surface area contributed by atoms with Crippen LogP contribution in [0.25, 0.3) is 11.3 Å². The second kappa shape index (κ2) is 7.26. The van der Waals surface area contributed by atoms with Gasteiger partial charge in [-0.1, -0.05) is 44.2 Å². The van der Waals surface area contributed by atoms with Crippen molar-refractivity contribution in [2.24, 2.45) is 14.1 Å². The first kappa shape index (κ1) is 18.5. The van der Waals surface area contributed by atoms with Crippen molar-refractivity contribution in [3.63, 3.8) is 0 Å². The lowest BCUT2D eigenvalue weighted by Crippen LogP contribution is -2.34. The maximum absolute atomic E-state index is 13.2. The van der Waals surface area contributed by atoms with Gasteiger partial charge in [0.1, 0.15) is 5.69 Å². The van der Waals surface area contributed by atoms with Crippen LogP contribution in [0.2, 0.25) is 0 Å². The molecule has 4 rings (SSSR count). The van der Waals surface area contributed by atoms with E-state index in [4.69, 9.17) is 5.10 Å². The predicted octanol–water partition coefficient (Wildman–Crippen LogP) is 3.19. The van der Waals surface area contributed by atoms with E-state index in [9.17, 15) is 4.79 Å². The summed E-state index contributed by atoms with van der Waals surface area (Å²) in [7, 11) is 3.85. The van der Waals surface area contributed by atoms with Gasteiger partial charge >= 0.3 is 0 Å². The van der Waals surface area contributed by atoms with Gasteiger partial charge in [0.05, 0.1) is 11.4 Å². The third-order valence-electron chi connectivity index (χ3n) is 5.57. The molecule has 3 heterocycles. The molecular formula is C22H27N5O. The number of hydrogen-bond donors (Lipinski definition) is 0. The molecule has 0 radical (unpaired) electrons. The molecular weight excluding hydrogens is 350 g/mol. The summed E-state index contributed by atoms with van der Waals surface area (Å²) in [6, 6.07) is 12.2. The molecule has 0 fully saturated rings. The van der Waals surface area contributed by atoms with E-state index >= 15 is 0 Å². The number of hydrogen-bond acceptors (Lipinski definition) is 3. The SMILES string of the molecule is CC(C)c1cc(C(=O)N2CCc3c(-c4ccccc4)nn(C)c3CC2)n(C)n1. The van der Waals surface area contributed by atoms with Gasteiger partial charge in [0.15, 0.2) is 0 Å². The zero-order valence-corrected chi connectivity index (χ0v) is 17.0. The Kier molecular flexibility index (Phi) is 4.79. The van der Waals surface area contributed by atoms with Crippen LogP contribution in [0.1, 0.15) is 47.2 Å². The normalized spacial score (nSPS) is 14.2. The van der Waals surface area contributed by atoms with Gasteiger partial charge < -0.3 is 4.90 Å². The van der Waals surface area contributed by atoms with Gasteiger partial charge in [-0.15, -0.1) is 0 Å². The first-order valence-electron chi connectivity index (χ1n) is 9.89. The van der Waals surface area contributed by atoms with E-state index in [2.05, 4.69) is 31.1 Å². The summed E-state index contributed by atoms with van der Waals surface area (Å²) < 4.78 is 3.69. The average Bonchev–Trinajstić information content (AvgIpc) is 3.13. The van der Waals surface area contributed by atoms with Gasteiger partial charge in [-0.25, -0.2) is 0 Å². The Morgan fingerprint density at radius 1 is 1.00 bits per heavy atom. The topological polar surface area (TPSA) is 56.0 Å². The van der Waals surface area contributed by atoms with Gasteiger partial charge in [-0.2, -0.15) is 10.2 Å². The Bertz CT molecular complexity index is 1000. The molecule has 1 aliphatic heterocycles. The van der Waals surface area contributed by atoms with Gasteiger partial charge in [0, 0.05) is 50.4 Å². The predicted molar refractivity (Wildman–Crippen MR) is 109 cm³/mol. The van der Waals surface area contributed by atoms with E-state index in [1.807, 2.05) is 47.9 Å². The van der Waals surface area contributed by atoms with E-state index in [0.29, 0.717) is 24.7 Å². The van der Waals surface area contributed by atoms with E-state index < -0.39 is 0 Å². The van der Waals surface area contributed by atoms with Crippen LogP contribution >= 0.6 is 0 Å². The van der Waals surface area contributed by atoms with E-state index in [-0.39, 0.29) is 5.91 Å². The van der Waals surface area contributed by atoms with Crippen LogP contribution in [-0.2, 0) is 26.9 Å². The minimum atomic E-state index is 0.0592. The van der Waals surface area contributed by atoms with Crippen LogP contribution in [0.5, 0.6) is 0 Å². The molecule has 1 aliphatic rings. The number of carbonyl (C=O) groups excluding carboxylic acids is 1. The minimum absolute atomic E-state index is 0.0592. The zero-order chi connectivity index (χ0) is 19.8. The van der Waals surface area contributed by atoms with Crippen LogP contribution in [-0.4, -0.2) is 43.5 Å². The minimum Gasteiger partial charge on any atom is -0.337 e. The quantitative estimate of drug-likeness (QED) is 0.704. The summed E-state index contributed by atoms with van der Waals surface area (Å²) >= 11 is 0. The molecule has 1 amide bonds. The summed E-state index contributed by atoms with van der Waals surface area (Å²) in [5, 5.41) is 9.27. The van der Waals surface area contributed by atoms with Gasteiger partial charge in [-0.3, -0.25) is 14.2 Å². The standard InChI is InChI=1S/C22H27N5O/c1-15(2)18-14-20(26(4)23-18)22(28)27-12-10-17-19(11-13-27)25(3)24-21(17)16-8-6-5-7-9-16/h5-9,14-15H,10-13H2,1-4H3. The molecule has 146 valence electrons. The highest BCUT2D eigenvalue weighted by Gasteiger charge is 2.26. The molecule has 3 aromatic rings. The number of amides is 1. The van der Waals surface area contributed by atoms with Crippen molar-refractivity contribution in [1.82, 2.24) is 24.5 Å². The van der Waals surface area contributed by atoms with Crippen LogP contribution in [0.4, 0.5) is 0 Å². The van der Waals surface area contributed by atoms with Gasteiger partial charge in [0.25, 0.3) is 5.91 Å². The lowest BCUT2D eigenvalue weighted by molar-refractivity contribution is 0.0751. The largest absolute Gasteiger partial charge is 0.337 e. The summed E-state index contributed by atoms with van der Waals surface area (Å²) in [6.07, 6.45) is 1.63. The molecule has 6 heteroatoms. The molecule has 0 aliphatic carbocycles. The number of fused-ring (bicyclic) bond motifs is 1. The molecule has 1 aromatic carbocycles. The fourth-order valence-corrected chi connectivity index (χ4v) is 3.94. The Labute approximate surface area is 165 Å². The average molecular weight is 377 g/mol. The molecule has 0 unspecified atom stereocenters. The highest BCUT2D eigenvalue weighted by molar-refractivity contribution is 5.92. The lowest BCUT2D eigenvalue weighted by atomic mass is 10.0. The second-order valence-electron chi connectivity index (χ2n) is 7.79. The van der Waals surface area contributed by atoms with Crippen molar-refractivity contribution in [3.8, 4) is 11.3 Å². The van der Waals surface area contributed by atoms with E-state index in [1.165, 1.54) is 11.3 Å². The third kappa shape index (κ3) is 3.23. The molecule has 0 spiro atoms. The van der Waals surface area contributed by atoms with E-state index in [1.54, 1.807) is 4.68 Å². The molecule has 0 N–H and O–H groups in total. The van der Waals surface area contributed by atoms with Crippen LogP contribution in [0.15, 0.2) is 36.4 Å². The van der Waals surface area contributed by atoms with Gasteiger partial charge in [0.2, 0.25) is 0 Å². The Morgan fingerprint density at radius 2 is 1.71 bits per heavy atom. The molecule has 0 saturated carbocycles. The van der Waals surface area contributed by atoms with E-state index in [0.717, 1.165) is 29.8 Å². The number of rotatable bonds is 3. The highest BCUT2D eigenvalue weighted by atomic mass is 16.2. The summed E-state index contributed by atoms with van der Waals surface area (Å²) in [5.41, 5.74) is 6.27. The smallest absolute Gasteiger partial charge is 0.272 e. The molecule has 0 saturated heterocycles. The number of aromatic nitrogens is 4. The Hall–Kier alpha value is -2.89. The number of benzene rings is 1. The van der Waals surface area contributed by atoms with Crippen LogP contribution in [0, 0.1) is 0 Å². The van der Waals surface area contributed by atoms with Crippen LogP contribution < -0.4 is 0 Å². The lowest BCUT2D eigenvalue weighted by Gasteiger charge is -2.20. The number of aryl methyl sites for hydroxylation is 2. The molecule has 2 aromatic heterocycles. The summed E-state index contributed by atoms with van der Waals surface area (Å²) in [6.45, 7) is 5.58. The molecule has 0 bridgehead atoms. The van der Waals surface area contributed by atoms with Crippen molar-refractivity contribution in [2.75, 3.05) is 13.1 Å². The second-order valence-corrected chi connectivity index (χ2v) is 7.79. The third-order valence-corrected chi connectivity index (χ3v) is 5.57. The zero-order valence-electron chi connectivity index (χ0n) is 17.0. The first-order valence-corrected chi connectivity index (χ1v) is 9.89. The highest BCUT2D eigenvalue weighted by Crippen LogP contribution is 2.28. The Morgan fingerprint density at radius 3 is 2.39 bits per heavy atom. The van der Waals surface area contributed by atoms with Crippen molar-refractivity contribution in [2.45, 2.75) is 32.6 Å². The monoisotopic (exact) mass is 377 g/mol. The molecule has 28 heavy (non-hydrogen) atoms. The van der Waals surface area contributed by atoms with Crippen molar-refractivity contribution in [3.05, 3.63) is 59.0 Å². The van der Waals surface area contributed by atoms with Crippen molar-refractivity contribution < 1.29 is 4.79 Å². The fourth-order valence-electron chi connectivity index (χ4n) is 3.94. The van der Waals surface area contributed by atoms with Crippen LogP contribution in [0.3, 0.4) is 0 Å². The molecule has 6 nitrogen and oxygen atoms in total. The summed E-state index contributed by atoms with van der Waals surface area (Å²) in [5.74, 6) is 0.365. The Balaban J connectivity index is 1.59. The number of carbonyl (C=O) groups is 1. The van der Waals surface area contributed by atoms with Crippen molar-refractivity contribution in [1.29, 1.82) is 0 Å². The maximum atomic E-state index is 13.2. The maximum Gasteiger partial charge on any atom is 0.272 e. The van der Waals surface area contributed by atoms with Crippen molar-refractivity contribution >= 4 is 5.91 Å².